The van der Waals surface area contributed by atoms with Crippen LogP contribution < -0.4 is 5.56 Å². The second kappa shape index (κ2) is 5.81. The van der Waals surface area contributed by atoms with Gasteiger partial charge in [0.1, 0.15) is 17.1 Å². The van der Waals surface area contributed by atoms with Gasteiger partial charge in [-0.1, -0.05) is 0 Å². The lowest BCUT2D eigenvalue weighted by Gasteiger charge is -2.34. The average Bonchev–Trinajstić information content (AvgIpc) is 2.93. The summed E-state index contributed by atoms with van der Waals surface area (Å²) >= 11 is 1.79. The molecule has 1 amide bonds. The van der Waals surface area contributed by atoms with Crippen LogP contribution >= 0.6 is 11.8 Å². The highest BCUT2D eigenvalue weighted by atomic mass is 32.2. The Labute approximate surface area is 126 Å². The van der Waals surface area contributed by atoms with Crippen LogP contribution in [0.15, 0.2) is 39.7 Å². The molecule has 0 spiro atoms. The summed E-state index contributed by atoms with van der Waals surface area (Å²) < 4.78 is 5.68. The highest BCUT2D eigenvalue weighted by molar-refractivity contribution is 7.99. The van der Waals surface area contributed by atoms with Crippen LogP contribution in [-0.4, -0.2) is 33.8 Å². The number of hydrogen-bond acceptors (Lipinski definition) is 4. The molecular weight excluding hydrogens is 288 g/mol. The minimum atomic E-state index is -0.352. The molecule has 0 bridgehead atoms. The summed E-state index contributed by atoms with van der Waals surface area (Å²) in [6.45, 7) is 2.50. The summed E-state index contributed by atoms with van der Waals surface area (Å²) in [5.74, 6) is 3.01. The van der Waals surface area contributed by atoms with Gasteiger partial charge in [-0.2, -0.15) is 11.8 Å². The third-order valence-electron chi connectivity index (χ3n) is 3.53. The molecule has 2 aromatic rings. The molecule has 1 N–H and O–H groups in total. The van der Waals surface area contributed by atoms with E-state index in [1.54, 1.807) is 28.8 Å². The van der Waals surface area contributed by atoms with Gasteiger partial charge in [0.15, 0.2) is 0 Å². The first-order valence-corrected chi connectivity index (χ1v) is 7.95. The van der Waals surface area contributed by atoms with Crippen LogP contribution in [0.1, 0.15) is 27.9 Å². The van der Waals surface area contributed by atoms with Crippen molar-refractivity contribution in [3.05, 3.63) is 57.9 Å². The highest BCUT2D eigenvalue weighted by Gasteiger charge is 2.31. The lowest BCUT2D eigenvalue weighted by Crippen LogP contribution is -2.42. The summed E-state index contributed by atoms with van der Waals surface area (Å²) in [6.07, 6.45) is 1.53. The zero-order valence-corrected chi connectivity index (χ0v) is 12.5. The second-order valence-corrected chi connectivity index (χ2v) is 6.10. The molecule has 1 fully saturated rings. The van der Waals surface area contributed by atoms with Gasteiger partial charge in [0.05, 0.1) is 6.04 Å². The van der Waals surface area contributed by atoms with Crippen molar-refractivity contribution in [2.75, 3.05) is 18.1 Å². The van der Waals surface area contributed by atoms with Crippen molar-refractivity contribution in [3.8, 4) is 0 Å². The number of H-pyrrole nitrogens is 1. The van der Waals surface area contributed by atoms with Crippen LogP contribution in [-0.2, 0) is 0 Å². The first-order valence-electron chi connectivity index (χ1n) is 6.79. The van der Waals surface area contributed by atoms with E-state index in [1.165, 1.54) is 6.20 Å². The normalized spacial score (nSPS) is 18.7. The quantitative estimate of drug-likeness (QED) is 0.923. The standard InChI is InChI=1S/C15H16N2O3S/c1-10-4-5-13(20-10)12-9-21-8-7-17(12)15(19)11-3-2-6-16-14(11)18/h2-6,12H,7-9H2,1H3,(H,16,18)/t12-/m0/s1. The Morgan fingerprint density at radius 1 is 1.43 bits per heavy atom. The molecule has 1 aliphatic heterocycles. The molecule has 0 aliphatic carbocycles. The molecule has 21 heavy (non-hydrogen) atoms. The molecule has 3 heterocycles. The van der Waals surface area contributed by atoms with Crippen molar-refractivity contribution < 1.29 is 9.21 Å². The molecule has 1 aliphatic rings. The Morgan fingerprint density at radius 2 is 2.29 bits per heavy atom. The molecule has 5 nitrogen and oxygen atoms in total. The summed E-state index contributed by atoms with van der Waals surface area (Å²) in [7, 11) is 0. The minimum Gasteiger partial charge on any atom is -0.464 e. The number of nitrogens with one attached hydrogen (secondary N) is 1. The molecule has 0 aromatic carbocycles. The van der Waals surface area contributed by atoms with Crippen molar-refractivity contribution >= 4 is 17.7 Å². The van der Waals surface area contributed by atoms with Gasteiger partial charge >= 0.3 is 0 Å². The van der Waals surface area contributed by atoms with E-state index in [0.29, 0.717) is 6.54 Å². The number of pyridine rings is 1. The van der Waals surface area contributed by atoms with Crippen LogP contribution in [0.3, 0.4) is 0 Å². The molecule has 110 valence electrons. The van der Waals surface area contributed by atoms with E-state index < -0.39 is 0 Å². The highest BCUT2D eigenvalue weighted by Crippen LogP contribution is 2.31. The van der Waals surface area contributed by atoms with Crippen LogP contribution in [0.25, 0.3) is 0 Å². The number of rotatable bonds is 2. The third kappa shape index (κ3) is 2.76. The van der Waals surface area contributed by atoms with Gasteiger partial charge in [-0.15, -0.1) is 0 Å². The Bertz CT molecular complexity index is 707. The monoisotopic (exact) mass is 304 g/mol. The molecule has 1 saturated heterocycles. The van der Waals surface area contributed by atoms with Crippen LogP contribution in [0.5, 0.6) is 0 Å². The fraction of sp³-hybridized carbons (Fsp3) is 0.333. The second-order valence-electron chi connectivity index (χ2n) is 4.95. The number of carbonyl (C=O) groups is 1. The SMILES string of the molecule is Cc1ccc([C@@H]2CSCCN2C(=O)c2ccc[nH]c2=O)o1. The van der Waals surface area contributed by atoms with E-state index in [0.717, 1.165) is 23.0 Å². The number of aromatic nitrogens is 1. The summed E-state index contributed by atoms with van der Waals surface area (Å²) in [6, 6.07) is 6.91. The van der Waals surface area contributed by atoms with Crippen molar-refractivity contribution in [1.82, 2.24) is 9.88 Å². The fourth-order valence-electron chi connectivity index (χ4n) is 2.46. The first-order chi connectivity index (χ1) is 10.2. The first kappa shape index (κ1) is 14.0. The average molecular weight is 304 g/mol. The molecule has 0 radical (unpaired) electrons. The van der Waals surface area contributed by atoms with E-state index in [4.69, 9.17) is 4.42 Å². The molecule has 1 atom stereocenters. The lowest BCUT2D eigenvalue weighted by atomic mass is 10.1. The summed E-state index contributed by atoms with van der Waals surface area (Å²) in [5.41, 5.74) is -0.173. The minimum absolute atomic E-state index is 0.121. The number of hydrogen-bond donors (Lipinski definition) is 1. The third-order valence-corrected chi connectivity index (χ3v) is 4.55. The number of aryl methyl sites for hydroxylation is 1. The molecule has 0 unspecified atom stereocenters. The predicted octanol–water partition coefficient (Wildman–Crippen LogP) is 2.21. The summed E-state index contributed by atoms with van der Waals surface area (Å²) in [5, 5.41) is 0. The Balaban J connectivity index is 1.93. The Kier molecular flexibility index (Phi) is 3.88. The molecule has 6 heteroatoms. The van der Waals surface area contributed by atoms with Gasteiger partial charge < -0.3 is 14.3 Å². The van der Waals surface area contributed by atoms with E-state index in [-0.39, 0.29) is 23.1 Å². The molecule has 0 saturated carbocycles. The number of thioether (sulfide) groups is 1. The Hall–Kier alpha value is -1.95. The summed E-state index contributed by atoms with van der Waals surface area (Å²) in [4.78, 5) is 28.8. The van der Waals surface area contributed by atoms with Crippen LogP contribution in [0.4, 0.5) is 0 Å². The van der Waals surface area contributed by atoms with E-state index >= 15 is 0 Å². The maximum absolute atomic E-state index is 12.7. The topological polar surface area (TPSA) is 66.3 Å². The number of carbonyl (C=O) groups excluding carboxylic acids is 1. The van der Waals surface area contributed by atoms with Gasteiger partial charge in [0, 0.05) is 24.2 Å². The van der Waals surface area contributed by atoms with Gasteiger partial charge in [-0.05, 0) is 31.2 Å². The van der Waals surface area contributed by atoms with Gasteiger partial charge in [-0.25, -0.2) is 0 Å². The predicted molar refractivity (Wildman–Crippen MR) is 81.6 cm³/mol. The van der Waals surface area contributed by atoms with Crippen molar-refractivity contribution in [2.45, 2.75) is 13.0 Å². The van der Waals surface area contributed by atoms with E-state index in [2.05, 4.69) is 4.98 Å². The van der Waals surface area contributed by atoms with Gasteiger partial charge in [-0.3, -0.25) is 9.59 Å². The molecule has 2 aromatic heterocycles. The van der Waals surface area contributed by atoms with Gasteiger partial charge in [0.2, 0.25) is 0 Å². The zero-order valence-electron chi connectivity index (χ0n) is 11.7. The van der Waals surface area contributed by atoms with Crippen LogP contribution in [0, 0.1) is 6.92 Å². The van der Waals surface area contributed by atoms with Crippen molar-refractivity contribution in [1.29, 1.82) is 0 Å². The van der Waals surface area contributed by atoms with Crippen molar-refractivity contribution in [3.63, 3.8) is 0 Å². The maximum atomic E-state index is 12.7. The number of nitrogens with zero attached hydrogens (tertiary/aromatic N) is 1. The number of amides is 1. The smallest absolute Gasteiger partial charge is 0.260 e. The Morgan fingerprint density at radius 3 is 3.00 bits per heavy atom. The molecular formula is C15H16N2O3S. The fourth-order valence-corrected chi connectivity index (χ4v) is 3.52. The number of aromatic amines is 1. The maximum Gasteiger partial charge on any atom is 0.260 e. The van der Waals surface area contributed by atoms with Crippen LogP contribution in [0.2, 0.25) is 0 Å². The lowest BCUT2D eigenvalue weighted by molar-refractivity contribution is 0.0679. The van der Waals surface area contributed by atoms with Crippen molar-refractivity contribution in [2.24, 2.45) is 0 Å². The van der Waals surface area contributed by atoms with E-state index in [9.17, 15) is 9.59 Å². The largest absolute Gasteiger partial charge is 0.464 e. The van der Waals surface area contributed by atoms with Gasteiger partial charge in [0.25, 0.3) is 11.5 Å². The molecule has 3 rings (SSSR count). The van der Waals surface area contributed by atoms with E-state index in [1.807, 2.05) is 19.1 Å². The zero-order chi connectivity index (χ0) is 14.8. The number of furan rings is 1.